The van der Waals surface area contributed by atoms with Crippen molar-refractivity contribution in [3.63, 3.8) is 0 Å². The highest BCUT2D eigenvalue weighted by Crippen LogP contribution is 2.39. The fourth-order valence-corrected chi connectivity index (χ4v) is 4.05. The number of nitrogens with zero attached hydrogens (tertiary/aromatic N) is 1. The van der Waals surface area contributed by atoms with E-state index in [0.717, 1.165) is 12.8 Å². The Morgan fingerprint density at radius 3 is 2.25 bits per heavy atom. The highest BCUT2D eigenvalue weighted by atomic mass is 28.4. The predicted octanol–water partition coefficient (Wildman–Crippen LogP) is 4.16. The zero-order valence-corrected chi connectivity index (χ0v) is 17.8. The third-order valence-electron chi connectivity index (χ3n) is 4.97. The summed E-state index contributed by atoms with van der Waals surface area (Å²) in [5, 5.41) is 9.28. The maximum Gasteiger partial charge on any atom is 0.410 e. The molecule has 1 N–H and O–H groups in total. The van der Waals surface area contributed by atoms with Crippen molar-refractivity contribution >= 4 is 14.4 Å². The Kier molecular flexibility index (Phi) is 6.92. The average Bonchev–Trinajstić information content (AvgIpc) is 2.75. The first kappa shape index (κ1) is 21.4. The first-order valence-corrected chi connectivity index (χ1v) is 12.0. The van der Waals surface area contributed by atoms with E-state index < -0.39 is 13.9 Å². The topological polar surface area (TPSA) is 59.0 Å². The zero-order chi connectivity index (χ0) is 18.8. The van der Waals surface area contributed by atoms with Crippen LogP contribution in [-0.2, 0) is 9.16 Å². The molecule has 1 aliphatic rings. The lowest BCUT2D eigenvalue weighted by molar-refractivity contribution is 0.0200. The molecule has 2 unspecified atom stereocenters. The van der Waals surface area contributed by atoms with E-state index in [1.807, 2.05) is 20.8 Å². The molecule has 6 heteroatoms. The van der Waals surface area contributed by atoms with Crippen LogP contribution in [0.3, 0.4) is 0 Å². The highest BCUT2D eigenvalue weighted by molar-refractivity contribution is 6.74. The van der Waals surface area contributed by atoms with Gasteiger partial charge in [-0.25, -0.2) is 4.79 Å². The molecule has 24 heavy (non-hydrogen) atoms. The van der Waals surface area contributed by atoms with Gasteiger partial charge in [0.2, 0.25) is 0 Å². The van der Waals surface area contributed by atoms with Crippen molar-refractivity contribution in [2.45, 2.75) is 96.7 Å². The molecule has 142 valence electrons. The van der Waals surface area contributed by atoms with Crippen molar-refractivity contribution in [2.75, 3.05) is 13.2 Å². The molecule has 2 atom stereocenters. The second-order valence-corrected chi connectivity index (χ2v) is 14.1. The van der Waals surface area contributed by atoms with E-state index in [2.05, 4.69) is 33.9 Å². The van der Waals surface area contributed by atoms with Gasteiger partial charge in [-0.05, 0) is 58.2 Å². The second-order valence-electron chi connectivity index (χ2n) is 9.39. The van der Waals surface area contributed by atoms with Crippen molar-refractivity contribution in [2.24, 2.45) is 0 Å². The molecule has 0 bridgehead atoms. The van der Waals surface area contributed by atoms with Crippen LogP contribution in [0.1, 0.15) is 60.8 Å². The van der Waals surface area contributed by atoms with Crippen LogP contribution in [0.4, 0.5) is 4.79 Å². The van der Waals surface area contributed by atoms with Gasteiger partial charge in [0.1, 0.15) is 5.60 Å². The van der Waals surface area contributed by atoms with E-state index in [4.69, 9.17) is 14.3 Å². The van der Waals surface area contributed by atoms with Gasteiger partial charge in [-0.2, -0.15) is 0 Å². The van der Waals surface area contributed by atoms with E-state index in [0.29, 0.717) is 13.0 Å². The molecule has 0 aromatic heterocycles. The number of hydrogen-bond donors (Lipinski definition) is 1. The SMILES string of the molecule is CC(C)(C)OC(=O)N1CC(O[Si](C)(C)C(C)(C)C)CC1CCCO. The minimum absolute atomic E-state index is 0.0575. The fraction of sp³-hybridized carbons (Fsp3) is 0.944. The number of carbonyl (C=O) groups excluding carboxylic acids is 1. The van der Waals surface area contributed by atoms with Gasteiger partial charge in [-0.3, -0.25) is 0 Å². The number of hydrogen-bond acceptors (Lipinski definition) is 4. The standard InChI is InChI=1S/C18H37NO4Si/c1-17(2,3)22-16(21)19-13-15(12-14(19)10-9-11-20)23-24(7,8)18(4,5)6/h14-15,20H,9-13H2,1-8H3. The van der Waals surface area contributed by atoms with Crippen LogP contribution < -0.4 is 0 Å². The molecule has 1 saturated heterocycles. The number of aliphatic hydroxyl groups excluding tert-OH is 1. The van der Waals surface area contributed by atoms with Gasteiger partial charge in [-0.1, -0.05) is 20.8 Å². The Morgan fingerprint density at radius 1 is 1.21 bits per heavy atom. The highest BCUT2D eigenvalue weighted by Gasteiger charge is 2.44. The largest absolute Gasteiger partial charge is 0.444 e. The molecule has 0 aromatic carbocycles. The van der Waals surface area contributed by atoms with Crippen LogP contribution in [-0.4, -0.2) is 55.3 Å². The minimum Gasteiger partial charge on any atom is -0.444 e. The summed E-state index contributed by atoms with van der Waals surface area (Å²) in [4.78, 5) is 14.3. The average molecular weight is 360 g/mol. The van der Waals surface area contributed by atoms with Gasteiger partial charge < -0.3 is 19.2 Å². The van der Waals surface area contributed by atoms with Gasteiger partial charge in [0.25, 0.3) is 0 Å². The Labute approximate surface area is 148 Å². The van der Waals surface area contributed by atoms with Crippen LogP contribution in [0, 0.1) is 0 Å². The molecule has 1 fully saturated rings. The van der Waals surface area contributed by atoms with Crippen molar-refractivity contribution < 1.29 is 19.1 Å². The first-order chi connectivity index (χ1) is 10.8. The summed E-state index contributed by atoms with van der Waals surface area (Å²) in [6.45, 7) is 17.5. The number of rotatable bonds is 5. The van der Waals surface area contributed by atoms with Crippen LogP contribution in [0.2, 0.25) is 18.1 Å². The lowest BCUT2D eigenvalue weighted by Crippen LogP contribution is -2.45. The summed E-state index contributed by atoms with van der Waals surface area (Å²) in [5.74, 6) is 0. The van der Waals surface area contributed by atoms with E-state index in [1.54, 1.807) is 4.90 Å². The summed E-state index contributed by atoms with van der Waals surface area (Å²) in [6, 6.07) is 0.0850. The van der Waals surface area contributed by atoms with E-state index in [9.17, 15) is 4.79 Å². The smallest absolute Gasteiger partial charge is 0.410 e. The molecule has 0 spiro atoms. The molecule has 0 aromatic rings. The molecule has 0 saturated carbocycles. The molecular weight excluding hydrogens is 322 g/mol. The lowest BCUT2D eigenvalue weighted by Gasteiger charge is -2.38. The van der Waals surface area contributed by atoms with Crippen LogP contribution >= 0.6 is 0 Å². The quantitative estimate of drug-likeness (QED) is 0.749. The Balaban J connectivity index is 2.81. The molecule has 0 radical (unpaired) electrons. The van der Waals surface area contributed by atoms with E-state index in [1.165, 1.54) is 0 Å². The van der Waals surface area contributed by atoms with Gasteiger partial charge >= 0.3 is 6.09 Å². The Hall–Kier alpha value is -0.593. The number of carbonyl (C=O) groups is 1. The maximum absolute atomic E-state index is 12.5. The van der Waals surface area contributed by atoms with Crippen LogP contribution in [0.5, 0.6) is 0 Å². The molecular formula is C18H37NO4Si. The summed E-state index contributed by atoms with van der Waals surface area (Å²) < 4.78 is 12.1. The number of aliphatic hydroxyl groups is 1. The monoisotopic (exact) mass is 359 g/mol. The molecule has 1 amide bonds. The van der Waals surface area contributed by atoms with Crippen molar-refractivity contribution in [1.82, 2.24) is 4.90 Å². The molecule has 1 heterocycles. The van der Waals surface area contributed by atoms with Crippen molar-refractivity contribution in [1.29, 1.82) is 0 Å². The summed E-state index contributed by atoms with van der Waals surface area (Å²) >= 11 is 0. The van der Waals surface area contributed by atoms with E-state index >= 15 is 0 Å². The summed E-state index contributed by atoms with van der Waals surface area (Å²) in [5.41, 5.74) is -0.503. The lowest BCUT2D eigenvalue weighted by atomic mass is 10.1. The Bertz CT molecular complexity index is 426. The number of amides is 1. The molecule has 1 aliphatic heterocycles. The normalized spacial score (nSPS) is 22.8. The number of likely N-dealkylation sites (tertiary alicyclic amines) is 1. The van der Waals surface area contributed by atoms with Crippen molar-refractivity contribution in [3.8, 4) is 0 Å². The maximum atomic E-state index is 12.5. The second kappa shape index (κ2) is 7.75. The molecule has 1 rings (SSSR count). The van der Waals surface area contributed by atoms with Gasteiger partial charge in [0.15, 0.2) is 8.32 Å². The third kappa shape index (κ3) is 6.04. The third-order valence-corrected chi connectivity index (χ3v) is 9.50. The van der Waals surface area contributed by atoms with Gasteiger partial charge in [0, 0.05) is 19.2 Å². The predicted molar refractivity (Wildman–Crippen MR) is 99.7 cm³/mol. The van der Waals surface area contributed by atoms with Crippen molar-refractivity contribution in [3.05, 3.63) is 0 Å². The summed E-state index contributed by atoms with van der Waals surface area (Å²) in [7, 11) is -1.87. The molecule has 5 nitrogen and oxygen atoms in total. The minimum atomic E-state index is -1.87. The van der Waals surface area contributed by atoms with E-state index in [-0.39, 0.29) is 29.9 Å². The number of ether oxygens (including phenoxy) is 1. The van der Waals surface area contributed by atoms with Crippen LogP contribution in [0.25, 0.3) is 0 Å². The fourth-order valence-electron chi connectivity index (χ4n) is 2.70. The van der Waals surface area contributed by atoms with Gasteiger partial charge in [-0.15, -0.1) is 0 Å². The zero-order valence-electron chi connectivity index (χ0n) is 16.8. The van der Waals surface area contributed by atoms with Crippen LogP contribution in [0.15, 0.2) is 0 Å². The Morgan fingerprint density at radius 2 is 1.79 bits per heavy atom. The van der Waals surface area contributed by atoms with Gasteiger partial charge in [0.05, 0.1) is 6.10 Å². The first-order valence-electron chi connectivity index (χ1n) is 9.05. The molecule has 0 aliphatic carbocycles. The summed E-state index contributed by atoms with van der Waals surface area (Å²) in [6.07, 6.45) is 2.09.